The summed E-state index contributed by atoms with van der Waals surface area (Å²) >= 11 is 0. The van der Waals surface area contributed by atoms with E-state index in [1.807, 2.05) is 32.0 Å². The van der Waals surface area contributed by atoms with Crippen LogP contribution in [0.1, 0.15) is 24.5 Å². The van der Waals surface area contributed by atoms with Gasteiger partial charge in [0.15, 0.2) is 0 Å². The van der Waals surface area contributed by atoms with Crippen LogP contribution < -0.4 is 10.5 Å². The average Bonchev–Trinajstić information content (AvgIpc) is 2.41. The van der Waals surface area contributed by atoms with Gasteiger partial charge in [-0.15, -0.1) is 0 Å². The van der Waals surface area contributed by atoms with Crippen molar-refractivity contribution in [2.75, 3.05) is 5.73 Å². The number of benzene rings is 2. The highest BCUT2D eigenvalue weighted by Crippen LogP contribution is 2.34. The number of carbonyl (C=O) groups excluding carboxylic acids is 1. The summed E-state index contributed by atoms with van der Waals surface area (Å²) in [5.41, 5.74) is 10.7. The van der Waals surface area contributed by atoms with Crippen molar-refractivity contribution in [3.8, 4) is 16.9 Å². The minimum absolute atomic E-state index is 0.249. The summed E-state index contributed by atoms with van der Waals surface area (Å²) < 4.78 is 5.39. The molecule has 0 aliphatic carbocycles. The molecule has 3 heteroatoms. The lowest BCUT2D eigenvalue weighted by atomic mass is 9.97. The normalized spacial score (nSPS) is 10.3. The molecule has 0 radical (unpaired) electrons. The fourth-order valence-electron chi connectivity index (χ4n) is 2.16. The first-order chi connectivity index (χ1) is 9.51. The number of nitrogens with two attached hydrogens (primary N) is 1. The van der Waals surface area contributed by atoms with Crippen LogP contribution in [0.2, 0.25) is 0 Å². The van der Waals surface area contributed by atoms with E-state index in [1.54, 1.807) is 19.1 Å². The van der Waals surface area contributed by atoms with E-state index in [1.165, 1.54) is 5.56 Å². The maximum atomic E-state index is 11.5. The van der Waals surface area contributed by atoms with Gasteiger partial charge < -0.3 is 10.5 Å². The molecule has 3 nitrogen and oxygen atoms in total. The van der Waals surface area contributed by atoms with Crippen LogP contribution in [0.3, 0.4) is 0 Å². The van der Waals surface area contributed by atoms with E-state index in [0.717, 1.165) is 16.7 Å². The van der Waals surface area contributed by atoms with Gasteiger partial charge in [0, 0.05) is 17.7 Å². The molecule has 0 atom stereocenters. The quantitative estimate of drug-likeness (QED) is 0.523. The van der Waals surface area contributed by atoms with Crippen LogP contribution >= 0.6 is 0 Å². The lowest BCUT2D eigenvalue weighted by Gasteiger charge is -2.13. The number of hydrogen-bond acceptors (Lipinski definition) is 3. The number of anilines is 1. The number of ether oxygens (including phenoxy) is 1. The van der Waals surface area contributed by atoms with Gasteiger partial charge in [-0.05, 0) is 43.2 Å². The molecule has 0 amide bonds. The molecule has 0 aliphatic heterocycles. The molecule has 0 bridgehead atoms. The molecular formula is C17H19NO2. The molecule has 0 fully saturated rings. The van der Waals surface area contributed by atoms with E-state index < -0.39 is 0 Å². The van der Waals surface area contributed by atoms with Crippen molar-refractivity contribution in [1.82, 2.24) is 0 Å². The molecule has 0 aromatic heterocycles. The lowest BCUT2D eigenvalue weighted by Crippen LogP contribution is -2.07. The maximum absolute atomic E-state index is 11.5. The minimum Gasteiger partial charge on any atom is -0.426 e. The third-order valence-electron chi connectivity index (χ3n) is 3.19. The van der Waals surface area contributed by atoms with Gasteiger partial charge in [0.1, 0.15) is 5.75 Å². The van der Waals surface area contributed by atoms with Gasteiger partial charge in [-0.25, -0.2) is 0 Å². The first-order valence-electron chi connectivity index (χ1n) is 6.69. The molecule has 2 aromatic rings. The van der Waals surface area contributed by atoms with E-state index in [9.17, 15) is 4.79 Å². The molecule has 0 spiro atoms. The molecule has 0 unspecified atom stereocenters. The van der Waals surface area contributed by atoms with Crippen LogP contribution in [0, 0.1) is 13.8 Å². The Kier molecular flexibility index (Phi) is 4.08. The third-order valence-corrected chi connectivity index (χ3v) is 3.19. The third kappa shape index (κ3) is 2.99. The zero-order chi connectivity index (χ0) is 14.7. The number of hydrogen-bond donors (Lipinski definition) is 1. The van der Waals surface area contributed by atoms with Gasteiger partial charge in [0.2, 0.25) is 0 Å². The van der Waals surface area contributed by atoms with Crippen molar-refractivity contribution in [3.05, 3.63) is 47.5 Å². The van der Waals surface area contributed by atoms with Crippen molar-refractivity contribution in [1.29, 1.82) is 0 Å². The Hall–Kier alpha value is -2.29. The largest absolute Gasteiger partial charge is 0.426 e. The Morgan fingerprint density at radius 1 is 1.10 bits per heavy atom. The van der Waals surface area contributed by atoms with E-state index in [2.05, 4.69) is 6.07 Å². The summed E-state index contributed by atoms with van der Waals surface area (Å²) in [6, 6.07) is 11.5. The fraction of sp³-hybridized carbons (Fsp3) is 0.235. The molecule has 0 heterocycles. The van der Waals surface area contributed by atoms with Crippen LogP contribution in [0.25, 0.3) is 11.1 Å². The Morgan fingerprint density at radius 3 is 2.50 bits per heavy atom. The zero-order valence-corrected chi connectivity index (χ0v) is 12.1. The van der Waals surface area contributed by atoms with Crippen LogP contribution in [0.4, 0.5) is 5.69 Å². The number of esters is 1. The Bertz CT molecular complexity index is 647. The van der Waals surface area contributed by atoms with E-state index in [0.29, 0.717) is 17.9 Å². The second kappa shape index (κ2) is 5.78. The Balaban J connectivity index is 2.53. The minimum atomic E-state index is -0.249. The highest BCUT2D eigenvalue weighted by Gasteiger charge is 2.12. The van der Waals surface area contributed by atoms with E-state index >= 15 is 0 Å². The summed E-state index contributed by atoms with van der Waals surface area (Å²) in [6.07, 6.45) is 0.344. The summed E-state index contributed by atoms with van der Waals surface area (Å²) in [5, 5.41) is 0. The lowest BCUT2D eigenvalue weighted by molar-refractivity contribution is -0.133. The molecule has 20 heavy (non-hydrogen) atoms. The van der Waals surface area contributed by atoms with Crippen LogP contribution in [0.5, 0.6) is 5.75 Å². The summed E-state index contributed by atoms with van der Waals surface area (Å²) in [7, 11) is 0. The first kappa shape index (κ1) is 14.1. The predicted molar refractivity (Wildman–Crippen MR) is 81.7 cm³/mol. The van der Waals surface area contributed by atoms with Gasteiger partial charge >= 0.3 is 5.97 Å². The molecule has 0 saturated heterocycles. The van der Waals surface area contributed by atoms with Crippen molar-refractivity contribution in [3.63, 3.8) is 0 Å². The summed E-state index contributed by atoms with van der Waals surface area (Å²) in [5.74, 6) is 0.304. The number of aryl methyl sites for hydroxylation is 2. The fourth-order valence-corrected chi connectivity index (χ4v) is 2.16. The van der Waals surface area contributed by atoms with Crippen LogP contribution in [-0.4, -0.2) is 5.97 Å². The van der Waals surface area contributed by atoms with Crippen molar-refractivity contribution >= 4 is 11.7 Å². The topological polar surface area (TPSA) is 52.3 Å². The second-order valence-electron chi connectivity index (χ2n) is 4.90. The Morgan fingerprint density at radius 2 is 1.85 bits per heavy atom. The van der Waals surface area contributed by atoms with Crippen molar-refractivity contribution in [2.45, 2.75) is 27.2 Å². The zero-order valence-electron chi connectivity index (χ0n) is 12.1. The first-order valence-corrected chi connectivity index (χ1v) is 6.69. The molecule has 104 valence electrons. The summed E-state index contributed by atoms with van der Waals surface area (Å²) in [6.45, 7) is 5.86. The van der Waals surface area contributed by atoms with Gasteiger partial charge in [-0.3, -0.25) is 4.79 Å². The molecule has 2 N–H and O–H groups in total. The van der Waals surface area contributed by atoms with Crippen LogP contribution in [-0.2, 0) is 4.79 Å². The monoisotopic (exact) mass is 269 g/mol. The standard InChI is InChI=1S/C17H19NO2/c1-4-17(19)20-16-8-6-13(18)10-15(16)14-7-5-11(2)9-12(14)3/h5-10H,4,18H2,1-3H3. The molecule has 2 aromatic carbocycles. The van der Waals surface area contributed by atoms with Crippen molar-refractivity contribution < 1.29 is 9.53 Å². The average molecular weight is 269 g/mol. The van der Waals surface area contributed by atoms with E-state index in [-0.39, 0.29) is 5.97 Å². The predicted octanol–water partition coefficient (Wildman–Crippen LogP) is 3.87. The Labute approximate surface area is 119 Å². The van der Waals surface area contributed by atoms with Crippen LogP contribution in [0.15, 0.2) is 36.4 Å². The smallest absolute Gasteiger partial charge is 0.310 e. The second-order valence-corrected chi connectivity index (χ2v) is 4.90. The highest BCUT2D eigenvalue weighted by molar-refractivity contribution is 5.80. The maximum Gasteiger partial charge on any atom is 0.310 e. The van der Waals surface area contributed by atoms with Gasteiger partial charge in [0.05, 0.1) is 0 Å². The summed E-state index contributed by atoms with van der Waals surface area (Å²) in [4.78, 5) is 11.5. The van der Waals surface area contributed by atoms with Gasteiger partial charge in [-0.1, -0.05) is 30.7 Å². The molecule has 0 aliphatic rings. The molecular weight excluding hydrogens is 250 g/mol. The number of nitrogen functional groups attached to an aromatic ring is 1. The molecule has 0 saturated carbocycles. The highest BCUT2D eigenvalue weighted by atomic mass is 16.5. The number of rotatable bonds is 3. The van der Waals surface area contributed by atoms with Gasteiger partial charge in [-0.2, -0.15) is 0 Å². The van der Waals surface area contributed by atoms with Gasteiger partial charge in [0.25, 0.3) is 0 Å². The SMILES string of the molecule is CCC(=O)Oc1ccc(N)cc1-c1ccc(C)cc1C. The van der Waals surface area contributed by atoms with E-state index in [4.69, 9.17) is 10.5 Å². The number of carbonyl (C=O) groups is 1. The molecule has 2 rings (SSSR count). The van der Waals surface area contributed by atoms with Crippen molar-refractivity contribution in [2.24, 2.45) is 0 Å².